The van der Waals surface area contributed by atoms with Crippen LogP contribution in [0.2, 0.25) is 0 Å². The molecule has 0 saturated carbocycles. The summed E-state index contributed by atoms with van der Waals surface area (Å²) in [5.41, 5.74) is 6.71. The zero-order valence-electron chi connectivity index (χ0n) is 6.49. The van der Waals surface area contributed by atoms with Gasteiger partial charge < -0.3 is 10.3 Å². The highest BCUT2D eigenvalue weighted by Gasteiger charge is 2.06. The van der Waals surface area contributed by atoms with Gasteiger partial charge >= 0.3 is 0 Å². The first-order valence-corrected chi connectivity index (χ1v) is 3.49. The first-order valence-electron chi connectivity index (χ1n) is 3.49. The molecule has 0 fully saturated rings. The van der Waals surface area contributed by atoms with Crippen LogP contribution < -0.4 is 5.73 Å². The number of hydrogen-bond donors (Lipinski definition) is 1. The van der Waals surface area contributed by atoms with Crippen LogP contribution >= 0.6 is 0 Å². The maximum atomic E-state index is 8.39. The van der Waals surface area contributed by atoms with Crippen molar-refractivity contribution in [3.63, 3.8) is 0 Å². The Kier molecular flexibility index (Phi) is 2.29. The lowest BCUT2D eigenvalue weighted by Crippen LogP contribution is -2.12. The molecule has 1 aromatic heterocycles. The molecule has 0 aliphatic rings. The Morgan fingerprint density at radius 2 is 2.55 bits per heavy atom. The Labute approximate surface area is 66.0 Å². The monoisotopic (exact) mass is 149 g/mol. The van der Waals surface area contributed by atoms with Crippen molar-refractivity contribution in [1.82, 2.24) is 4.57 Å². The first-order chi connectivity index (χ1) is 5.25. The molecule has 2 N–H and O–H groups in total. The third-order valence-corrected chi connectivity index (χ3v) is 1.68. The van der Waals surface area contributed by atoms with E-state index in [9.17, 15) is 0 Å². The molecule has 1 atom stereocenters. The van der Waals surface area contributed by atoms with Crippen molar-refractivity contribution in [2.45, 2.75) is 12.5 Å². The second-order valence-corrected chi connectivity index (χ2v) is 2.51. The predicted octanol–water partition coefficient (Wildman–Crippen LogP) is 0.939. The van der Waals surface area contributed by atoms with Gasteiger partial charge in [-0.2, -0.15) is 5.26 Å². The van der Waals surface area contributed by atoms with Crippen molar-refractivity contribution < 1.29 is 0 Å². The van der Waals surface area contributed by atoms with Gasteiger partial charge in [0.25, 0.3) is 0 Å². The van der Waals surface area contributed by atoms with Gasteiger partial charge in [-0.05, 0) is 12.1 Å². The van der Waals surface area contributed by atoms with Crippen molar-refractivity contribution in [2.75, 3.05) is 0 Å². The smallest absolute Gasteiger partial charge is 0.0642 e. The highest BCUT2D eigenvalue weighted by molar-refractivity contribution is 5.12. The number of aryl methyl sites for hydroxylation is 1. The van der Waals surface area contributed by atoms with Crippen molar-refractivity contribution in [1.29, 1.82) is 5.26 Å². The molecule has 0 aromatic carbocycles. The number of aromatic nitrogens is 1. The quantitative estimate of drug-likeness (QED) is 0.680. The molecule has 1 aromatic rings. The lowest BCUT2D eigenvalue weighted by atomic mass is 10.2. The second-order valence-electron chi connectivity index (χ2n) is 2.51. The van der Waals surface area contributed by atoms with Crippen LogP contribution in [0.3, 0.4) is 0 Å². The van der Waals surface area contributed by atoms with Crippen LogP contribution in [0.5, 0.6) is 0 Å². The Hall–Kier alpha value is -1.27. The van der Waals surface area contributed by atoms with E-state index in [1.54, 1.807) is 0 Å². The fraction of sp³-hybridized carbons (Fsp3) is 0.375. The number of rotatable bonds is 2. The summed E-state index contributed by atoms with van der Waals surface area (Å²) in [7, 11) is 1.92. The largest absolute Gasteiger partial charge is 0.353 e. The molecular weight excluding hydrogens is 138 g/mol. The number of nitrogens with two attached hydrogens (primary N) is 1. The van der Waals surface area contributed by atoms with Gasteiger partial charge in [0.15, 0.2) is 0 Å². The standard InChI is InChI=1S/C8H11N3/c1-11-6-2-3-8(11)7(10)4-5-9/h2-3,6-7H,4,10H2,1H3/t7-/m1/s1. The van der Waals surface area contributed by atoms with E-state index in [4.69, 9.17) is 11.0 Å². The Morgan fingerprint density at radius 3 is 3.00 bits per heavy atom. The van der Waals surface area contributed by atoms with E-state index in [-0.39, 0.29) is 6.04 Å². The van der Waals surface area contributed by atoms with Crippen LogP contribution in [-0.4, -0.2) is 4.57 Å². The molecule has 0 bridgehead atoms. The van der Waals surface area contributed by atoms with Crippen molar-refractivity contribution in [3.8, 4) is 6.07 Å². The second kappa shape index (κ2) is 3.22. The Balaban J connectivity index is 2.77. The summed E-state index contributed by atoms with van der Waals surface area (Å²) in [6, 6.07) is 5.75. The molecule has 3 nitrogen and oxygen atoms in total. The van der Waals surface area contributed by atoms with Crippen LogP contribution in [0.1, 0.15) is 18.2 Å². The minimum Gasteiger partial charge on any atom is -0.353 e. The van der Waals surface area contributed by atoms with E-state index in [0.29, 0.717) is 6.42 Å². The molecule has 0 amide bonds. The molecule has 0 aliphatic carbocycles. The van der Waals surface area contributed by atoms with Gasteiger partial charge in [-0.3, -0.25) is 0 Å². The molecule has 0 unspecified atom stereocenters. The van der Waals surface area contributed by atoms with E-state index >= 15 is 0 Å². The zero-order valence-corrected chi connectivity index (χ0v) is 6.49. The molecule has 1 rings (SSSR count). The minimum absolute atomic E-state index is 0.153. The molecule has 0 aliphatic heterocycles. The molecular formula is C8H11N3. The molecule has 0 spiro atoms. The van der Waals surface area contributed by atoms with E-state index in [2.05, 4.69) is 0 Å². The highest BCUT2D eigenvalue weighted by Crippen LogP contribution is 2.12. The van der Waals surface area contributed by atoms with E-state index in [1.807, 2.05) is 36.0 Å². The number of hydrogen-bond acceptors (Lipinski definition) is 2. The Morgan fingerprint density at radius 1 is 1.82 bits per heavy atom. The molecule has 1 heterocycles. The first kappa shape index (κ1) is 7.83. The molecule has 11 heavy (non-hydrogen) atoms. The number of nitrogens with zero attached hydrogens (tertiary/aromatic N) is 2. The van der Waals surface area contributed by atoms with E-state index in [1.165, 1.54) is 0 Å². The van der Waals surface area contributed by atoms with Gasteiger partial charge in [0.05, 0.1) is 18.5 Å². The summed E-state index contributed by atoms with van der Waals surface area (Å²) >= 11 is 0. The topological polar surface area (TPSA) is 54.7 Å². The SMILES string of the molecule is Cn1cccc1[C@H](N)CC#N. The lowest BCUT2D eigenvalue weighted by Gasteiger charge is -2.07. The van der Waals surface area contributed by atoms with Crippen molar-refractivity contribution in [2.24, 2.45) is 12.8 Å². The molecule has 0 saturated heterocycles. The molecule has 0 radical (unpaired) electrons. The fourth-order valence-electron chi connectivity index (χ4n) is 1.06. The van der Waals surface area contributed by atoms with Crippen LogP contribution in [0.4, 0.5) is 0 Å². The average Bonchev–Trinajstić information content (AvgIpc) is 2.36. The van der Waals surface area contributed by atoms with Crippen molar-refractivity contribution >= 4 is 0 Å². The van der Waals surface area contributed by atoms with E-state index in [0.717, 1.165) is 5.69 Å². The minimum atomic E-state index is -0.153. The van der Waals surface area contributed by atoms with Gasteiger partial charge in [0.1, 0.15) is 0 Å². The van der Waals surface area contributed by atoms with Crippen LogP contribution in [0, 0.1) is 11.3 Å². The molecule has 58 valence electrons. The predicted molar refractivity (Wildman–Crippen MR) is 42.6 cm³/mol. The summed E-state index contributed by atoms with van der Waals surface area (Å²) in [4.78, 5) is 0. The van der Waals surface area contributed by atoms with Crippen LogP contribution in [-0.2, 0) is 7.05 Å². The third-order valence-electron chi connectivity index (χ3n) is 1.68. The molecule has 3 heteroatoms. The normalized spacial score (nSPS) is 12.5. The highest BCUT2D eigenvalue weighted by atomic mass is 14.9. The third kappa shape index (κ3) is 1.60. The van der Waals surface area contributed by atoms with Gasteiger partial charge in [0.2, 0.25) is 0 Å². The van der Waals surface area contributed by atoms with Crippen molar-refractivity contribution in [3.05, 3.63) is 24.0 Å². The van der Waals surface area contributed by atoms with Gasteiger partial charge in [0, 0.05) is 18.9 Å². The van der Waals surface area contributed by atoms with Gasteiger partial charge in [-0.1, -0.05) is 0 Å². The zero-order chi connectivity index (χ0) is 8.27. The van der Waals surface area contributed by atoms with Crippen LogP contribution in [0.25, 0.3) is 0 Å². The number of nitriles is 1. The summed E-state index contributed by atoms with van der Waals surface area (Å²) in [5, 5.41) is 8.39. The van der Waals surface area contributed by atoms with Gasteiger partial charge in [-0.25, -0.2) is 0 Å². The van der Waals surface area contributed by atoms with Gasteiger partial charge in [-0.15, -0.1) is 0 Å². The lowest BCUT2D eigenvalue weighted by molar-refractivity contribution is 0.673. The summed E-state index contributed by atoms with van der Waals surface area (Å²) in [6.45, 7) is 0. The van der Waals surface area contributed by atoms with E-state index < -0.39 is 0 Å². The van der Waals surface area contributed by atoms with Crippen LogP contribution in [0.15, 0.2) is 18.3 Å². The Bertz CT molecular complexity index is 269. The summed E-state index contributed by atoms with van der Waals surface area (Å²) < 4.78 is 1.93. The summed E-state index contributed by atoms with van der Waals surface area (Å²) in [5.74, 6) is 0. The fourth-order valence-corrected chi connectivity index (χ4v) is 1.06. The summed E-state index contributed by atoms with van der Waals surface area (Å²) in [6.07, 6.45) is 2.30. The average molecular weight is 149 g/mol. The maximum Gasteiger partial charge on any atom is 0.0642 e. The maximum absolute atomic E-state index is 8.39.